The molecule has 0 spiro atoms. The summed E-state index contributed by atoms with van der Waals surface area (Å²) in [5.74, 6) is 1.56. The van der Waals surface area contributed by atoms with Gasteiger partial charge in [0.15, 0.2) is 0 Å². The first-order valence-electron chi connectivity index (χ1n) is 14.4. The molecule has 0 unspecified atom stereocenters. The zero-order chi connectivity index (χ0) is 28.7. The lowest BCUT2D eigenvalue weighted by molar-refractivity contribution is 0.483. The lowest BCUT2D eigenvalue weighted by atomic mass is 9.73. The van der Waals surface area contributed by atoms with Crippen LogP contribution >= 0.6 is 0 Å². The van der Waals surface area contributed by atoms with E-state index in [9.17, 15) is 0 Å². The first kappa shape index (κ1) is 25.8. The van der Waals surface area contributed by atoms with Gasteiger partial charge >= 0.3 is 0 Å². The second-order valence-corrected chi connectivity index (χ2v) is 11.3. The van der Waals surface area contributed by atoms with Crippen LogP contribution in [0.1, 0.15) is 30.5 Å². The van der Waals surface area contributed by atoms with Gasteiger partial charge in [-0.05, 0) is 72.1 Å². The summed E-state index contributed by atoms with van der Waals surface area (Å²) in [6, 6.07) is 48.4. The Morgan fingerprint density at radius 2 is 1.19 bits per heavy atom. The standard InChI is InChI=1S/C39H32N2O/c1-27-23-24-31(26-32(27)36-20-12-19-35(40-36)28-13-5-4-6-14-28)42-30-16-11-15-29(25-30)41-37-21-9-7-17-33(37)39(2,3)34-18-8-10-22-38(34)41/h4-26H,1-3H3. The fourth-order valence-electron chi connectivity index (χ4n) is 6.06. The third-order valence-corrected chi connectivity index (χ3v) is 8.25. The lowest BCUT2D eigenvalue weighted by Gasteiger charge is -2.42. The summed E-state index contributed by atoms with van der Waals surface area (Å²) in [6.45, 7) is 6.73. The quantitative estimate of drug-likeness (QED) is 0.216. The van der Waals surface area contributed by atoms with Crippen LogP contribution in [-0.4, -0.2) is 4.98 Å². The molecule has 0 bridgehead atoms. The number of rotatable bonds is 5. The van der Waals surface area contributed by atoms with E-state index < -0.39 is 0 Å². The monoisotopic (exact) mass is 544 g/mol. The minimum absolute atomic E-state index is 0.0953. The highest BCUT2D eigenvalue weighted by Gasteiger charge is 2.36. The van der Waals surface area contributed by atoms with E-state index in [0.717, 1.165) is 45.3 Å². The Balaban J connectivity index is 1.24. The number of ether oxygens (including phenoxy) is 1. The molecule has 0 atom stereocenters. The van der Waals surface area contributed by atoms with E-state index in [2.05, 4.69) is 135 Å². The number of nitrogens with zero attached hydrogens (tertiary/aromatic N) is 2. The molecule has 42 heavy (non-hydrogen) atoms. The zero-order valence-electron chi connectivity index (χ0n) is 24.1. The van der Waals surface area contributed by atoms with Gasteiger partial charge in [0.25, 0.3) is 0 Å². The van der Waals surface area contributed by atoms with Gasteiger partial charge in [0.1, 0.15) is 11.5 Å². The van der Waals surface area contributed by atoms with E-state index in [4.69, 9.17) is 9.72 Å². The van der Waals surface area contributed by atoms with E-state index in [1.165, 1.54) is 22.5 Å². The number of fused-ring (bicyclic) bond motifs is 2. The molecule has 3 heteroatoms. The summed E-state index contributed by atoms with van der Waals surface area (Å²) < 4.78 is 6.50. The first-order chi connectivity index (χ1) is 20.5. The molecular formula is C39H32N2O. The van der Waals surface area contributed by atoms with Gasteiger partial charge in [0.2, 0.25) is 0 Å². The van der Waals surface area contributed by atoms with Crippen LogP contribution in [0.25, 0.3) is 22.5 Å². The van der Waals surface area contributed by atoms with Crippen LogP contribution in [0, 0.1) is 6.92 Å². The molecule has 0 saturated carbocycles. The van der Waals surface area contributed by atoms with Crippen molar-refractivity contribution in [1.82, 2.24) is 4.98 Å². The molecule has 3 nitrogen and oxygen atoms in total. The normalized spacial score (nSPS) is 13.3. The third kappa shape index (κ3) is 4.53. The second kappa shape index (κ2) is 10.4. The molecule has 7 rings (SSSR count). The van der Waals surface area contributed by atoms with Gasteiger partial charge < -0.3 is 9.64 Å². The number of hydrogen-bond donors (Lipinski definition) is 0. The number of hydrogen-bond acceptors (Lipinski definition) is 3. The Kier molecular flexibility index (Phi) is 6.36. The molecule has 1 aliphatic heterocycles. The Morgan fingerprint density at radius 3 is 1.93 bits per heavy atom. The highest BCUT2D eigenvalue weighted by atomic mass is 16.5. The Labute approximate surface area is 247 Å². The van der Waals surface area contributed by atoms with Gasteiger partial charge in [-0.3, -0.25) is 0 Å². The SMILES string of the molecule is Cc1ccc(Oc2cccc(N3c4ccccc4C(C)(C)c4ccccc43)c2)cc1-c1cccc(-c2ccccc2)n1. The Hall–Kier alpha value is -5.15. The second-order valence-electron chi connectivity index (χ2n) is 11.3. The molecule has 0 aliphatic carbocycles. The fourth-order valence-corrected chi connectivity index (χ4v) is 6.06. The maximum absolute atomic E-state index is 6.50. The number of para-hydroxylation sites is 2. The molecule has 0 amide bonds. The van der Waals surface area contributed by atoms with Gasteiger partial charge in [0, 0.05) is 28.3 Å². The minimum atomic E-state index is -0.0953. The van der Waals surface area contributed by atoms with Crippen molar-refractivity contribution in [1.29, 1.82) is 0 Å². The van der Waals surface area contributed by atoms with Crippen molar-refractivity contribution >= 4 is 17.1 Å². The van der Waals surface area contributed by atoms with Crippen molar-refractivity contribution in [3.05, 3.63) is 156 Å². The average Bonchev–Trinajstić information content (AvgIpc) is 3.03. The largest absolute Gasteiger partial charge is 0.457 e. The molecule has 6 aromatic rings. The molecule has 0 radical (unpaired) electrons. The third-order valence-electron chi connectivity index (χ3n) is 8.25. The predicted molar refractivity (Wildman–Crippen MR) is 173 cm³/mol. The number of benzene rings is 5. The molecule has 5 aromatic carbocycles. The number of pyridine rings is 1. The average molecular weight is 545 g/mol. The molecule has 2 heterocycles. The molecule has 0 saturated heterocycles. The van der Waals surface area contributed by atoms with Gasteiger partial charge in [-0.15, -0.1) is 0 Å². The van der Waals surface area contributed by atoms with E-state index in [1.54, 1.807) is 0 Å². The smallest absolute Gasteiger partial charge is 0.129 e. The predicted octanol–water partition coefficient (Wildman–Crippen LogP) is 10.6. The summed E-state index contributed by atoms with van der Waals surface area (Å²) >= 11 is 0. The summed E-state index contributed by atoms with van der Waals surface area (Å²) in [4.78, 5) is 7.34. The van der Waals surface area contributed by atoms with Crippen LogP contribution in [0.5, 0.6) is 11.5 Å². The minimum Gasteiger partial charge on any atom is -0.457 e. The van der Waals surface area contributed by atoms with Crippen LogP contribution in [0.3, 0.4) is 0 Å². The zero-order valence-corrected chi connectivity index (χ0v) is 24.1. The summed E-state index contributed by atoms with van der Waals surface area (Å²) in [7, 11) is 0. The number of anilines is 3. The van der Waals surface area contributed by atoms with Crippen molar-refractivity contribution in [2.45, 2.75) is 26.2 Å². The van der Waals surface area contributed by atoms with E-state index in [-0.39, 0.29) is 5.41 Å². The molecular weight excluding hydrogens is 512 g/mol. The van der Waals surface area contributed by atoms with E-state index in [1.807, 2.05) is 30.3 Å². The first-order valence-corrected chi connectivity index (χ1v) is 14.4. The van der Waals surface area contributed by atoms with Gasteiger partial charge in [-0.2, -0.15) is 0 Å². The number of aryl methyl sites for hydroxylation is 1. The highest BCUT2D eigenvalue weighted by molar-refractivity contribution is 5.86. The summed E-state index contributed by atoms with van der Waals surface area (Å²) in [5, 5.41) is 0. The van der Waals surface area contributed by atoms with Gasteiger partial charge in [0.05, 0.1) is 22.8 Å². The van der Waals surface area contributed by atoms with Crippen LogP contribution in [0.4, 0.5) is 17.1 Å². The van der Waals surface area contributed by atoms with E-state index in [0.29, 0.717) is 0 Å². The molecule has 1 aromatic heterocycles. The Morgan fingerprint density at radius 1 is 0.571 bits per heavy atom. The maximum Gasteiger partial charge on any atom is 0.129 e. The van der Waals surface area contributed by atoms with Crippen molar-refractivity contribution in [3.8, 4) is 34.0 Å². The Bertz CT molecular complexity index is 1860. The molecule has 204 valence electrons. The molecule has 0 N–H and O–H groups in total. The van der Waals surface area contributed by atoms with Crippen LogP contribution < -0.4 is 9.64 Å². The summed E-state index contributed by atoms with van der Waals surface area (Å²) in [6.07, 6.45) is 0. The lowest BCUT2D eigenvalue weighted by Crippen LogP contribution is -2.30. The maximum atomic E-state index is 6.50. The van der Waals surface area contributed by atoms with Crippen molar-refractivity contribution < 1.29 is 4.74 Å². The van der Waals surface area contributed by atoms with E-state index >= 15 is 0 Å². The molecule has 1 aliphatic rings. The number of aromatic nitrogens is 1. The van der Waals surface area contributed by atoms with Crippen molar-refractivity contribution in [3.63, 3.8) is 0 Å². The van der Waals surface area contributed by atoms with Crippen molar-refractivity contribution in [2.24, 2.45) is 0 Å². The highest BCUT2D eigenvalue weighted by Crippen LogP contribution is 2.51. The van der Waals surface area contributed by atoms with Crippen molar-refractivity contribution in [2.75, 3.05) is 4.90 Å². The summed E-state index contributed by atoms with van der Waals surface area (Å²) in [5.41, 5.74) is 11.2. The van der Waals surface area contributed by atoms with Crippen LogP contribution in [-0.2, 0) is 5.41 Å². The van der Waals surface area contributed by atoms with Gasteiger partial charge in [-0.1, -0.05) is 98.8 Å². The topological polar surface area (TPSA) is 25.4 Å². The molecule has 0 fully saturated rings. The van der Waals surface area contributed by atoms with Crippen LogP contribution in [0.15, 0.2) is 140 Å². The van der Waals surface area contributed by atoms with Gasteiger partial charge in [-0.25, -0.2) is 4.98 Å². The van der Waals surface area contributed by atoms with Crippen LogP contribution in [0.2, 0.25) is 0 Å². The fraction of sp³-hybridized carbons (Fsp3) is 0.103.